The number of furan rings is 1. The van der Waals surface area contributed by atoms with E-state index >= 15 is 0 Å². The maximum absolute atomic E-state index is 13.9. The van der Waals surface area contributed by atoms with Crippen LogP contribution < -0.4 is 5.32 Å². The Kier molecular flexibility index (Phi) is 6.50. The van der Waals surface area contributed by atoms with Crippen LogP contribution in [0.3, 0.4) is 0 Å². The Labute approximate surface area is 206 Å². The van der Waals surface area contributed by atoms with Crippen molar-refractivity contribution in [2.24, 2.45) is 0 Å². The van der Waals surface area contributed by atoms with Crippen molar-refractivity contribution in [1.29, 1.82) is 0 Å². The molecule has 1 saturated carbocycles. The highest BCUT2D eigenvalue weighted by Crippen LogP contribution is 2.33. The second-order valence-electron chi connectivity index (χ2n) is 10.2. The van der Waals surface area contributed by atoms with E-state index in [0.29, 0.717) is 30.2 Å². The first-order valence-corrected chi connectivity index (χ1v) is 12.8. The van der Waals surface area contributed by atoms with Crippen molar-refractivity contribution in [2.45, 2.75) is 76.4 Å². The molecule has 0 saturated heterocycles. The Bertz CT molecular complexity index is 1160. The average Bonchev–Trinajstić information content (AvgIpc) is 3.47. The predicted molar refractivity (Wildman–Crippen MR) is 134 cm³/mol. The first-order chi connectivity index (χ1) is 17.0. The van der Waals surface area contributed by atoms with E-state index in [1.54, 1.807) is 28.0 Å². The summed E-state index contributed by atoms with van der Waals surface area (Å²) in [5.74, 6) is 0.402. The largest absolute Gasteiger partial charge is 0.463 e. The Morgan fingerprint density at radius 1 is 1.14 bits per heavy atom. The standard InChI is InChI=1S/C28H34N4O3/c1-20(21-11-6-5-7-12-21)18-31-26(33)24-17-23(25-15-10-16-35-25)30-32(24)19-28(31,2)27(34)29-22-13-8-3-4-9-14-22/h5-7,10-12,15-17,20,22H,3-4,8-9,13-14,18-19H2,1-2H3,(H,29,34). The molecule has 1 N–H and O–H groups in total. The normalized spacial score (nSPS) is 21.9. The quantitative estimate of drug-likeness (QED) is 0.510. The van der Waals surface area contributed by atoms with Gasteiger partial charge in [0.25, 0.3) is 5.91 Å². The van der Waals surface area contributed by atoms with Gasteiger partial charge in [0.1, 0.15) is 16.9 Å². The third kappa shape index (κ3) is 4.64. The summed E-state index contributed by atoms with van der Waals surface area (Å²) >= 11 is 0. The first-order valence-electron chi connectivity index (χ1n) is 12.8. The highest BCUT2D eigenvalue weighted by atomic mass is 16.3. The summed E-state index contributed by atoms with van der Waals surface area (Å²) in [5, 5.41) is 7.96. The van der Waals surface area contributed by atoms with Gasteiger partial charge in [0, 0.05) is 18.7 Å². The number of hydrogen-bond donors (Lipinski definition) is 1. The monoisotopic (exact) mass is 474 g/mol. The molecule has 1 fully saturated rings. The van der Waals surface area contributed by atoms with Gasteiger partial charge in [-0.25, -0.2) is 0 Å². The van der Waals surface area contributed by atoms with Crippen molar-refractivity contribution in [3.8, 4) is 11.5 Å². The van der Waals surface area contributed by atoms with E-state index < -0.39 is 5.54 Å². The highest BCUT2D eigenvalue weighted by molar-refractivity contribution is 6.00. The van der Waals surface area contributed by atoms with Crippen LogP contribution in [0.5, 0.6) is 0 Å². The van der Waals surface area contributed by atoms with Gasteiger partial charge in [0.05, 0.1) is 12.8 Å². The topological polar surface area (TPSA) is 80.4 Å². The SMILES string of the molecule is CC(CN1C(=O)c2cc(-c3ccco3)nn2CC1(C)C(=O)NC1CCCCCC1)c1ccccc1. The number of benzene rings is 1. The molecule has 0 radical (unpaired) electrons. The number of rotatable bonds is 6. The zero-order chi connectivity index (χ0) is 24.4. The number of carbonyl (C=O) groups is 2. The molecular formula is C28H34N4O3. The maximum atomic E-state index is 13.9. The lowest BCUT2D eigenvalue weighted by Crippen LogP contribution is -2.65. The zero-order valence-electron chi connectivity index (χ0n) is 20.6. The fourth-order valence-corrected chi connectivity index (χ4v) is 5.40. The summed E-state index contributed by atoms with van der Waals surface area (Å²) in [4.78, 5) is 29.5. The van der Waals surface area contributed by atoms with Gasteiger partial charge in [-0.3, -0.25) is 14.3 Å². The summed E-state index contributed by atoms with van der Waals surface area (Å²) in [7, 11) is 0. The van der Waals surface area contributed by atoms with Crippen LogP contribution in [0, 0.1) is 0 Å². The van der Waals surface area contributed by atoms with Crippen molar-refractivity contribution >= 4 is 11.8 Å². The third-order valence-electron chi connectivity index (χ3n) is 7.58. The lowest BCUT2D eigenvalue weighted by atomic mass is 9.91. The molecule has 2 amide bonds. The molecule has 2 atom stereocenters. The molecule has 184 valence electrons. The summed E-state index contributed by atoms with van der Waals surface area (Å²) < 4.78 is 7.19. The lowest BCUT2D eigenvalue weighted by molar-refractivity contribution is -0.134. The zero-order valence-corrected chi connectivity index (χ0v) is 20.6. The van der Waals surface area contributed by atoms with Crippen LogP contribution in [-0.4, -0.2) is 44.6 Å². The molecule has 5 rings (SSSR count). The van der Waals surface area contributed by atoms with Crippen LogP contribution in [0.2, 0.25) is 0 Å². The molecule has 1 aliphatic carbocycles. The number of carbonyl (C=O) groups excluding carboxylic acids is 2. The molecule has 2 aliphatic rings. The summed E-state index contributed by atoms with van der Waals surface area (Å²) in [5.41, 5.74) is 1.17. The van der Waals surface area contributed by atoms with Gasteiger partial charge in [-0.05, 0) is 43.4 Å². The van der Waals surface area contributed by atoms with Crippen molar-refractivity contribution in [1.82, 2.24) is 20.0 Å². The third-order valence-corrected chi connectivity index (χ3v) is 7.58. The number of hydrogen-bond acceptors (Lipinski definition) is 4. The molecule has 0 spiro atoms. The number of fused-ring (bicyclic) bond motifs is 1. The van der Waals surface area contributed by atoms with Gasteiger partial charge in [0.15, 0.2) is 5.76 Å². The molecule has 1 aromatic carbocycles. The number of nitrogens with zero attached hydrogens (tertiary/aromatic N) is 3. The van der Waals surface area contributed by atoms with Crippen LogP contribution in [0.1, 0.15) is 74.3 Å². The van der Waals surface area contributed by atoms with Crippen LogP contribution in [0.15, 0.2) is 59.2 Å². The Balaban J connectivity index is 1.47. The number of aromatic nitrogens is 2. The van der Waals surface area contributed by atoms with Gasteiger partial charge >= 0.3 is 0 Å². The number of nitrogens with one attached hydrogen (secondary N) is 1. The average molecular weight is 475 g/mol. The molecule has 7 nitrogen and oxygen atoms in total. The van der Waals surface area contributed by atoms with Crippen LogP contribution in [0.4, 0.5) is 0 Å². The van der Waals surface area contributed by atoms with E-state index in [1.807, 2.05) is 31.2 Å². The molecule has 0 bridgehead atoms. The lowest BCUT2D eigenvalue weighted by Gasteiger charge is -2.44. The minimum Gasteiger partial charge on any atom is -0.463 e. The Morgan fingerprint density at radius 3 is 2.57 bits per heavy atom. The summed E-state index contributed by atoms with van der Waals surface area (Å²) in [6.45, 7) is 4.73. The molecule has 3 aromatic rings. The highest BCUT2D eigenvalue weighted by Gasteiger charge is 2.48. The molecular weight excluding hydrogens is 440 g/mol. The first kappa shape index (κ1) is 23.4. The van der Waals surface area contributed by atoms with Gasteiger partial charge < -0.3 is 14.6 Å². The molecule has 35 heavy (non-hydrogen) atoms. The molecule has 2 aromatic heterocycles. The van der Waals surface area contributed by atoms with E-state index in [1.165, 1.54) is 12.8 Å². The van der Waals surface area contributed by atoms with Crippen molar-refractivity contribution < 1.29 is 14.0 Å². The van der Waals surface area contributed by atoms with Crippen LogP contribution in [-0.2, 0) is 11.3 Å². The van der Waals surface area contributed by atoms with Crippen LogP contribution >= 0.6 is 0 Å². The Hall–Kier alpha value is -3.35. The fourth-order valence-electron chi connectivity index (χ4n) is 5.40. The maximum Gasteiger partial charge on any atom is 0.273 e. The minimum atomic E-state index is -1.05. The van der Waals surface area contributed by atoms with Crippen LogP contribution in [0.25, 0.3) is 11.5 Å². The van der Waals surface area contributed by atoms with Crippen molar-refractivity contribution in [2.75, 3.05) is 6.54 Å². The van der Waals surface area contributed by atoms with E-state index in [0.717, 1.165) is 31.2 Å². The Morgan fingerprint density at radius 2 is 1.89 bits per heavy atom. The molecule has 7 heteroatoms. The van der Waals surface area contributed by atoms with Gasteiger partial charge in [0.2, 0.25) is 5.91 Å². The summed E-state index contributed by atoms with van der Waals surface area (Å²) in [6.07, 6.45) is 8.27. The van der Waals surface area contributed by atoms with E-state index in [-0.39, 0.29) is 23.8 Å². The van der Waals surface area contributed by atoms with E-state index in [2.05, 4.69) is 29.5 Å². The second-order valence-corrected chi connectivity index (χ2v) is 10.2. The minimum absolute atomic E-state index is 0.0733. The molecule has 3 heterocycles. The van der Waals surface area contributed by atoms with Gasteiger partial charge in [-0.2, -0.15) is 5.10 Å². The smallest absolute Gasteiger partial charge is 0.273 e. The fraction of sp³-hybridized carbons (Fsp3) is 0.464. The number of amides is 2. The van der Waals surface area contributed by atoms with Gasteiger partial charge in [-0.15, -0.1) is 0 Å². The van der Waals surface area contributed by atoms with E-state index in [9.17, 15) is 9.59 Å². The van der Waals surface area contributed by atoms with Crippen molar-refractivity contribution in [3.05, 3.63) is 66.1 Å². The molecule has 1 aliphatic heterocycles. The predicted octanol–water partition coefficient (Wildman–Crippen LogP) is 5.00. The van der Waals surface area contributed by atoms with Gasteiger partial charge in [-0.1, -0.05) is 62.9 Å². The summed E-state index contributed by atoms with van der Waals surface area (Å²) in [6, 6.07) is 15.7. The second kappa shape index (κ2) is 9.72. The van der Waals surface area contributed by atoms with E-state index in [4.69, 9.17) is 4.42 Å². The molecule has 2 unspecified atom stereocenters. The van der Waals surface area contributed by atoms with Crippen molar-refractivity contribution in [3.63, 3.8) is 0 Å².